The van der Waals surface area contributed by atoms with E-state index in [4.69, 9.17) is 11.5 Å². The molecule has 1 saturated carbocycles. The number of benzene rings is 1. The van der Waals surface area contributed by atoms with Gasteiger partial charge in [0.15, 0.2) is 0 Å². The summed E-state index contributed by atoms with van der Waals surface area (Å²) in [4.78, 5) is 35.5. The third-order valence-corrected chi connectivity index (χ3v) is 3.94. The lowest BCUT2D eigenvalue weighted by molar-refractivity contribution is -0.139. The number of hydrogen-bond acceptors (Lipinski definition) is 3. The van der Waals surface area contributed by atoms with Gasteiger partial charge in [-0.3, -0.25) is 14.4 Å². The van der Waals surface area contributed by atoms with Crippen molar-refractivity contribution in [2.24, 2.45) is 17.4 Å². The molecule has 3 amide bonds. The van der Waals surface area contributed by atoms with Gasteiger partial charge in [0.25, 0.3) is 0 Å². The van der Waals surface area contributed by atoms with Gasteiger partial charge in [-0.2, -0.15) is 0 Å². The highest BCUT2D eigenvalue weighted by Crippen LogP contribution is 2.48. The Labute approximate surface area is 130 Å². The molecule has 21 heavy (non-hydrogen) atoms. The molecule has 1 fully saturated rings. The zero-order chi connectivity index (χ0) is 15.6. The molecule has 0 saturated heterocycles. The van der Waals surface area contributed by atoms with Crippen LogP contribution in [0.2, 0.25) is 0 Å². The average molecular weight is 354 g/mol. The van der Waals surface area contributed by atoms with Gasteiger partial charge in [0.1, 0.15) is 0 Å². The van der Waals surface area contributed by atoms with Crippen molar-refractivity contribution < 1.29 is 14.4 Å². The van der Waals surface area contributed by atoms with Crippen LogP contribution in [0.3, 0.4) is 0 Å². The lowest BCUT2D eigenvalue weighted by Crippen LogP contribution is -2.44. The first kappa shape index (κ1) is 15.5. The standard InChI is InChI=1S/C14H16BrN3O3/c15-9-3-1-8(2-4-9)10-5-11(10)14(21)18(6-12(16)19)7-13(17)20/h1-4,10-11H,5-7H2,(H2,16,19)(H2,17,20). The molecular formula is C14H16BrN3O3. The maximum absolute atomic E-state index is 12.3. The van der Waals surface area contributed by atoms with E-state index < -0.39 is 11.8 Å². The number of carbonyl (C=O) groups excluding carboxylic acids is 3. The molecule has 0 heterocycles. The molecule has 1 aromatic carbocycles. The fourth-order valence-corrected chi connectivity index (χ4v) is 2.63. The van der Waals surface area contributed by atoms with E-state index in [1.165, 1.54) is 0 Å². The van der Waals surface area contributed by atoms with Gasteiger partial charge in [0, 0.05) is 10.4 Å². The summed E-state index contributed by atoms with van der Waals surface area (Å²) in [6.07, 6.45) is 0.703. The predicted molar refractivity (Wildman–Crippen MR) is 80.0 cm³/mol. The van der Waals surface area contributed by atoms with E-state index in [-0.39, 0.29) is 30.8 Å². The van der Waals surface area contributed by atoms with Crippen molar-refractivity contribution in [2.45, 2.75) is 12.3 Å². The Morgan fingerprint density at radius 2 is 1.62 bits per heavy atom. The van der Waals surface area contributed by atoms with Gasteiger partial charge in [0.2, 0.25) is 17.7 Å². The van der Waals surface area contributed by atoms with Crippen LogP contribution in [0.5, 0.6) is 0 Å². The molecule has 0 spiro atoms. The SMILES string of the molecule is NC(=O)CN(CC(N)=O)C(=O)C1CC1c1ccc(Br)cc1. The third-order valence-electron chi connectivity index (χ3n) is 3.41. The number of rotatable bonds is 6. The van der Waals surface area contributed by atoms with Crippen LogP contribution in [0.4, 0.5) is 0 Å². The minimum atomic E-state index is -0.662. The molecule has 7 heteroatoms. The number of primary amides is 2. The largest absolute Gasteiger partial charge is 0.368 e. The number of halogens is 1. The minimum Gasteiger partial charge on any atom is -0.368 e. The second-order valence-corrected chi connectivity index (χ2v) is 6.04. The van der Waals surface area contributed by atoms with Crippen molar-refractivity contribution in [3.05, 3.63) is 34.3 Å². The Bertz CT molecular complexity index is 557. The second-order valence-electron chi connectivity index (χ2n) is 5.13. The van der Waals surface area contributed by atoms with Crippen molar-refractivity contribution in [1.82, 2.24) is 4.90 Å². The van der Waals surface area contributed by atoms with Crippen LogP contribution in [-0.2, 0) is 14.4 Å². The maximum atomic E-state index is 12.3. The quantitative estimate of drug-likeness (QED) is 0.770. The molecule has 0 aromatic heterocycles. The Morgan fingerprint density at radius 1 is 1.10 bits per heavy atom. The molecule has 1 aliphatic carbocycles. The van der Waals surface area contributed by atoms with Crippen LogP contribution in [0.15, 0.2) is 28.7 Å². The number of hydrogen-bond donors (Lipinski definition) is 2. The molecule has 4 N–H and O–H groups in total. The fraction of sp³-hybridized carbons (Fsp3) is 0.357. The Morgan fingerprint density at radius 3 is 2.10 bits per heavy atom. The molecule has 2 rings (SSSR count). The van der Waals surface area contributed by atoms with E-state index in [2.05, 4.69) is 15.9 Å². The van der Waals surface area contributed by atoms with E-state index in [0.29, 0.717) is 6.42 Å². The summed E-state index contributed by atoms with van der Waals surface area (Å²) >= 11 is 3.36. The highest BCUT2D eigenvalue weighted by molar-refractivity contribution is 9.10. The molecule has 6 nitrogen and oxygen atoms in total. The van der Waals surface area contributed by atoms with Crippen molar-refractivity contribution in [3.63, 3.8) is 0 Å². The Hall–Kier alpha value is -1.89. The van der Waals surface area contributed by atoms with Gasteiger partial charge in [-0.15, -0.1) is 0 Å². The predicted octanol–water partition coefficient (Wildman–Crippen LogP) is 0.352. The Balaban J connectivity index is 2.03. The number of nitrogens with zero attached hydrogens (tertiary/aromatic N) is 1. The lowest BCUT2D eigenvalue weighted by Gasteiger charge is -2.19. The van der Waals surface area contributed by atoms with E-state index in [0.717, 1.165) is 14.9 Å². The van der Waals surface area contributed by atoms with E-state index in [1.54, 1.807) is 0 Å². The van der Waals surface area contributed by atoms with Crippen molar-refractivity contribution in [1.29, 1.82) is 0 Å². The van der Waals surface area contributed by atoms with Crippen LogP contribution in [0.1, 0.15) is 17.9 Å². The van der Waals surface area contributed by atoms with Crippen LogP contribution in [-0.4, -0.2) is 35.7 Å². The first-order chi connectivity index (χ1) is 9.88. The molecule has 1 aromatic rings. The first-order valence-electron chi connectivity index (χ1n) is 6.49. The van der Waals surface area contributed by atoms with Crippen LogP contribution in [0, 0.1) is 5.92 Å². The zero-order valence-electron chi connectivity index (χ0n) is 11.3. The summed E-state index contributed by atoms with van der Waals surface area (Å²) in [7, 11) is 0. The summed E-state index contributed by atoms with van der Waals surface area (Å²) in [6.45, 7) is -0.573. The average Bonchev–Trinajstić information content (AvgIpc) is 3.17. The Kier molecular flexibility index (Phi) is 4.62. The molecule has 2 unspecified atom stereocenters. The molecule has 112 valence electrons. The molecule has 2 atom stereocenters. The summed E-state index contributed by atoms with van der Waals surface area (Å²) < 4.78 is 0.971. The topological polar surface area (TPSA) is 106 Å². The molecular weight excluding hydrogens is 338 g/mol. The molecule has 1 aliphatic rings. The fourth-order valence-electron chi connectivity index (χ4n) is 2.37. The summed E-state index contributed by atoms with van der Waals surface area (Å²) in [5.41, 5.74) is 11.3. The summed E-state index contributed by atoms with van der Waals surface area (Å²) in [6, 6.07) is 7.74. The molecule has 0 radical (unpaired) electrons. The van der Waals surface area contributed by atoms with Crippen molar-refractivity contribution in [2.75, 3.05) is 13.1 Å². The summed E-state index contributed by atoms with van der Waals surface area (Å²) in [5, 5.41) is 0. The van der Waals surface area contributed by atoms with E-state index in [9.17, 15) is 14.4 Å². The second kappa shape index (κ2) is 6.26. The first-order valence-corrected chi connectivity index (χ1v) is 7.28. The van der Waals surface area contributed by atoms with E-state index >= 15 is 0 Å². The van der Waals surface area contributed by atoms with Gasteiger partial charge < -0.3 is 16.4 Å². The van der Waals surface area contributed by atoms with Crippen molar-refractivity contribution >= 4 is 33.7 Å². The number of nitrogens with two attached hydrogens (primary N) is 2. The van der Waals surface area contributed by atoms with Crippen LogP contribution >= 0.6 is 15.9 Å². The highest BCUT2D eigenvalue weighted by Gasteiger charge is 2.46. The van der Waals surface area contributed by atoms with Gasteiger partial charge in [-0.25, -0.2) is 0 Å². The zero-order valence-corrected chi connectivity index (χ0v) is 12.9. The lowest BCUT2D eigenvalue weighted by atomic mass is 10.1. The van der Waals surface area contributed by atoms with Crippen molar-refractivity contribution in [3.8, 4) is 0 Å². The van der Waals surface area contributed by atoms with Gasteiger partial charge in [0.05, 0.1) is 13.1 Å². The van der Waals surface area contributed by atoms with Crippen LogP contribution in [0.25, 0.3) is 0 Å². The van der Waals surface area contributed by atoms with Gasteiger partial charge >= 0.3 is 0 Å². The van der Waals surface area contributed by atoms with Gasteiger partial charge in [-0.05, 0) is 30.0 Å². The minimum absolute atomic E-state index is 0.119. The maximum Gasteiger partial charge on any atom is 0.237 e. The van der Waals surface area contributed by atoms with E-state index in [1.807, 2.05) is 24.3 Å². The monoisotopic (exact) mass is 353 g/mol. The van der Waals surface area contributed by atoms with Crippen LogP contribution < -0.4 is 11.5 Å². The molecule has 0 bridgehead atoms. The highest BCUT2D eigenvalue weighted by atomic mass is 79.9. The number of carbonyl (C=O) groups is 3. The number of amides is 3. The molecule has 0 aliphatic heterocycles. The van der Waals surface area contributed by atoms with Gasteiger partial charge in [-0.1, -0.05) is 28.1 Å². The smallest absolute Gasteiger partial charge is 0.237 e. The summed E-state index contributed by atoms with van der Waals surface area (Å²) in [5.74, 6) is -1.67. The third kappa shape index (κ3) is 4.04. The normalized spacial score (nSPS) is 19.9.